The molecule has 0 aliphatic carbocycles. The van der Waals surface area contributed by atoms with Gasteiger partial charge < -0.3 is 0 Å². The molecule has 0 aliphatic heterocycles. The second-order valence-corrected chi connectivity index (χ2v) is 5.00. The summed E-state index contributed by atoms with van der Waals surface area (Å²) in [7, 11) is 0. The summed E-state index contributed by atoms with van der Waals surface area (Å²) >= 11 is 0. The Hall–Kier alpha value is -1.78. The van der Waals surface area contributed by atoms with Gasteiger partial charge in [-0.2, -0.15) is 0 Å². The van der Waals surface area contributed by atoms with Crippen LogP contribution < -0.4 is 11.3 Å². The van der Waals surface area contributed by atoms with Gasteiger partial charge in [-0.05, 0) is 61.6 Å². The molecular formula is C16H20FN3. The molecule has 0 saturated carbocycles. The first-order chi connectivity index (χ1) is 9.69. The molecule has 3 nitrogen and oxygen atoms in total. The fraction of sp³-hybridized carbons (Fsp3) is 0.312. The highest BCUT2D eigenvalue weighted by Crippen LogP contribution is 2.14. The quantitative estimate of drug-likeness (QED) is 0.628. The summed E-state index contributed by atoms with van der Waals surface area (Å²) in [6, 6.07) is 10.9. The molecule has 1 heterocycles. The van der Waals surface area contributed by atoms with Crippen molar-refractivity contribution >= 4 is 0 Å². The van der Waals surface area contributed by atoms with E-state index >= 15 is 0 Å². The lowest BCUT2D eigenvalue weighted by atomic mass is 9.98. The number of halogens is 1. The lowest BCUT2D eigenvalue weighted by Crippen LogP contribution is -2.37. The highest BCUT2D eigenvalue weighted by atomic mass is 19.1. The molecule has 1 aromatic carbocycles. The van der Waals surface area contributed by atoms with E-state index in [1.54, 1.807) is 12.3 Å². The van der Waals surface area contributed by atoms with Gasteiger partial charge in [0, 0.05) is 17.9 Å². The number of rotatable bonds is 6. The van der Waals surface area contributed by atoms with Crippen molar-refractivity contribution in [2.75, 3.05) is 0 Å². The first-order valence-electron chi connectivity index (χ1n) is 6.80. The highest BCUT2D eigenvalue weighted by Gasteiger charge is 2.10. The van der Waals surface area contributed by atoms with Gasteiger partial charge in [0.05, 0.1) is 0 Å². The Morgan fingerprint density at radius 1 is 1.30 bits per heavy atom. The van der Waals surface area contributed by atoms with E-state index in [1.807, 2.05) is 31.2 Å². The third-order valence-electron chi connectivity index (χ3n) is 3.48. The maximum absolute atomic E-state index is 13.1. The van der Waals surface area contributed by atoms with E-state index in [0.717, 1.165) is 36.1 Å². The van der Waals surface area contributed by atoms with Gasteiger partial charge in [0.15, 0.2) is 0 Å². The van der Waals surface area contributed by atoms with Crippen LogP contribution >= 0.6 is 0 Å². The lowest BCUT2D eigenvalue weighted by Gasteiger charge is -2.17. The summed E-state index contributed by atoms with van der Waals surface area (Å²) < 4.78 is 13.1. The molecule has 2 rings (SSSR count). The van der Waals surface area contributed by atoms with Gasteiger partial charge in [0.2, 0.25) is 0 Å². The zero-order valence-electron chi connectivity index (χ0n) is 11.6. The van der Waals surface area contributed by atoms with E-state index in [9.17, 15) is 4.39 Å². The largest absolute Gasteiger partial charge is 0.271 e. The maximum atomic E-state index is 13.1. The van der Waals surface area contributed by atoms with Crippen LogP contribution in [0.4, 0.5) is 4.39 Å². The molecule has 0 radical (unpaired) electrons. The molecule has 4 heteroatoms. The number of aryl methyl sites for hydroxylation is 2. The Morgan fingerprint density at radius 3 is 2.80 bits per heavy atom. The summed E-state index contributed by atoms with van der Waals surface area (Å²) in [4.78, 5) is 4.30. The van der Waals surface area contributed by atoms with Crippen LogP contribution in [0.25, 0.3) is 0 Å². The molecular weight excluding hydrogens is 253 g/mol. The third kappa shape index (κ3) is 4.11. The Morgan fingerprint density at radius 2 is 2.15 bits per heavy atom. The molecule has 0 bridgehead atoms. The SMILES string of the molecule is Cc1cc(F)ccc1CC(CCc1ccccn1)NN. The summed E-state index contributed by atoms with van der Waals surface area (Å²) in [5.74, 6) is 5.42. The van der Waals surface area contributed by atoms with Crippen LogP contribution in [0.3, 0.4) is 0 Å². The number of hydrazine groups is 1. The van der Waals surface area contributed by atoms with Crippen molar-refractivity contribution in [3.63, 3.8) is 0 Å². The predicted octanol–water partition coefficient (Wildman–Crippen LogP) is 2.54. The van der Waals surface area contributed by atoms with Crippen LogP contribution in [0.2, 0.25) is 0 Å². The zero-order valence-corrected chi connectivity index (χ0v) is 11.6. The number of pyridine rings is 1. The van der Waals surface area contributed by atoms with Gasteiger partial charge in [-0.1, -0.05) is 12.1 Å². The van der Waals surface area contributed by atoms with Crippen LogP contribution in [0.1, 0.15) is 23.2 Å². The molecule has 1 atom stereocenters. The van der Waals surface area contributed by atoms with Gasteiger partial charge in [0.25, 0.3) is 0 Å². The first kappa shape index (κ1) is 14.6. The Labute approximate surface area is 119 Å². The number of hydrogen-bond acceptors (Lipinski definition) is 3. The van der Waals surface area contributed by atoms with Crippen molar-refractivity contribution in [3.05, 3.63) is 65.2 Å². The summed E-state index contributed by atoms with van der Waals surface area (Å²) in [6.45, 7) is 1.92. The van der Waals surface area contributed by atoms with Crippen LogP contribution in [-0.2, 0) is 12.8 Å². The monoisotopic (exact) mass is 273 g/mol. The standard InChI is InChI=1S/C16H20FN3/c1-12-10-14(17)6-5-13(12)11-16(20-18)8-7-15-4-2-3-9-19-15/h2-6,9-10,16,20H,7-8,11,18H2,1H3. The van der Waals surface area contributed by atoms with Crippen LogP contribution in [0, 0.1) is 12.7 Å². The Balaban J connectivity index is 1.95. The van der Waals surface area contributed by atoms with Gasteiger partial charge in [-0.15, -0.1) is 0 Å². The van der Waals surface area contributed by atoms with E-state index in [0.29, 0.717) is 0 Å². The van der Waals surface area contributed by atoms with Crippen molar-refractivity contribution in [2.24, 2.45) is 5.84 Å². The number of nitrogens with zero attached hydrogens (tertiary/aromatic N) is 1. The van der Waals surface area contributed by atoms with Crippen molar-refractivity contribution in [1.29, 1.82) is 0 Å². The maximum Gasteiger partial charge on any atom is 0.123 e. The van der Waals surface area contributed by atoms with E-state index in [1.165, 1.54) is 6.07 Å². The second kappa shape index (κ2) is 7.12. The van der Waals surface area contributed by atoms with E-state index in [-0.39, 0.29) is 11.9 Å². The Bertz CT molecular complexity index is 543. The number of nitrogens with two attached hydrogens (primary N) is 1. The van der Waals surface area contributed by atoms with Gasteiger partial charge in [0.1, 0.15) is 5.82 Å². The van der Waals surface area contributed by atoms with Gasteiger partial charge >= 0.3 is 0 Å². The topological polar surface area (TPSA) is 50.9 Å². The van der Waals surface area contributed by atoms with E-state index < -0.39 is 0 Å². The Kier molecular flexibility index (Phi) is 5.21. The summed E-state index contributed by atoms with van der Waals surface area (Å²) in [5, 5.41) is 0. The molecule has 0 aliphatic rings. The normalized spacial score (nSPS) is 12.3. The molecule has 1 aromatic heterocycles. The fourth-order valence-electron chi connectivity index (χ4n) is 2.27. The van der Waals surface area contributed by atoms with Crippen molar-refractivity contribution in [2.45, 2.75) is 32.2 Å². The zero-order chi connectivity index (χ0) is 14.4. The predicted molar refractivity (Wildman–Crippen MR) is 78.5 cm³/mol. The minimum absolute atomic E-state index is 0.154. The fourth-order valence-corrected chi connectivity index (χ4v) is 2.27. The summed E-state index contributed by atoms with van der Waals surface area (Å²) in [5.41, 5.74) is 5.98. The average molecular weight is 273 g/mol. The number of benzene rings is 1. The number of hydrogen-bond donors (Lipinski definition) is 2. The van der Waals surface area contributed by atoms with Gasteiger partial charge in [-0.3, -0.25) is 16.3 Å². The summed E-state index contributed by atoms with van der Waals surface area (Å²) in [6.07, 6.45) is 4.35. The van der Waals surface area contributed by atoms with Crippen molar-refractivity contribution in [1.82, 2.24) is 10.4 Å². The second-order valence-electron chi connectivity index (χ2n) is 5.00. The van der Waals surface area contributed by atoms with Crippen molar-refractivity contribution < 1.29 is 4.39 Å². The number of aromatic nitrogens is 1. The van der Waals surface area contributed by atoms with Crippen LogP contribution in [0.15, 0.2) is 42.6 Å². The van der Waals surface area contributed by atoms with Crippen LogP contribution in [-0.4, -0.2) is 11.0 Å². The molecule has 106 valence electrons. The highest BCUT2D eigenvalue weighted by molar-refractivity contribution is 5.27. The molecule has 0 fully saturated rings. The molecule has 0 spiro atoms. The first-order valence-corrected chi connectivity index (χ1v) is 6.80. The van der Waals surface area contributed by atoms with E-state index in [4.69, 9.17) is 5.84 Å². The molecule has 0 amide bonds. The lowest BCUT2D eigenvalue weighted by molar-refractivity contribution is 0.488. The molecule has 0 saturated heterocycles. The molecule has 3 N–H and O–H groups in total. The van der Waals surface area contributed by atoms with E-state index in [2.05, 4.69) is 10.4 Å². The molecule has 2 aromatic rings. The van der Waals surface area contributed by atoms with Gasteiger partial charge in [-0.25, -0.2) is 4.39 Å². The smallest absolute Gasteiger partial charge is 0.123 e. The average Bonchev–Trinajstić information content (AvgIpc) is 2.46. The van der Waals surface area contributed by atoms with Crippen LogP contribution in [0.5, 0.6) is 0 Å². The van der Waals surface area contributed by atoms with Crippen molar-refractivity contribution in [3.8, 4) is 0 Å². The molecule has 20 heavy (non-hydrogen) atoms. The molecule has 1 unspecified atom stereocenters. The minimum Gasteiger partial charge on any atom is -0.271 e. The number of nitrogens with one attached hydrogen (secondary N) is 1. The third-order valence-corrected chi connectivity index (χ3v) is 3.48. The minimum atomic E-state index is -0.197.